The lowest BCUT2D eigenvalue weighted by Crippen LogP contribution is -2.01. The molecule has 80 valence electrons. The SMILES string of the molecule is N#Cc1ccc(N)c(NCc2ccoc2)c1. The van der Waals surface area contributed by atoms with Gasteiger partial charge in [0.15, 0.2) is 0 Å². The molecule has 0 bridgehead atoms. The maximum atomic E-state index is 8.77. The molecule has 4 heteroatoms. The second-order valence-electron chi connectivity index (χ2n) is 3.40. The highest BCUT2D eigenvalue weighted by atomic mass is 16.3. The molecule has 0 spiro atoms. The monoisotopic (exact) mass is 213 g/mol. The number of hydrogen-bond donors (Lipinski definition) is 2. The standard InChI is InChI=1S/C12H11N3O/c13-6-9-1-2-11(14)12(5-9)15-7-10-3-4-16-8-10/h1-5,8,15H,7,14H2. The topological polar surface area (TPSA) is 75.0 Å². The molecule has 0 saturated heterocycles. The molecule has 0 amide bonds. The fourth-order valence-corrected chi connectivity index (χ4v) is 1.37. The third-order valence-electron chi connectivity index (χ3n) is 2.25. The van der Waals surface area contributed by atoms with Gasteiger partial charge in [0.2, 0.25) is 0 Å². The van der Waals surface area contributed by atoms with E-state index in [0.717, 1.165) is 11.3 Å². The van der Waals surface area contributed by atoms with Gasteiger partial charge in [0.1, 0.15) is 0 Å². The Labute approximate surface area is 93.3 Å². The molecule has 0 atom stereocenters. The van der Waals surface area contributed by atoms with Gasteiger partial charge in [-0.2, -0.15) is 5.26 Å². The van der Waals surface area contributed by atoms with Gasteiger partial charge in [-0.05, 0) is 24.3 Å². The van der Waals surface area contributed by atoms with Crippen LogP contribution in [0.2, 0.25) is 0 Å². The van der Waals surface area contributed by atoms with Crippen molar-refractivity contribution in [3.63, 3.8) is 0 Å². The Morgan fingerprint density at radius 1 is 1.38 bits per heavy atom. The van der Waals surface area contributed by atoms with Crippen molar-refractivity contribution in [1.29, 1.82) is 5.26 Å². The van der Waals surface area contributed by atoms with Crippen LogP contribution in [0, 0.1) is 11.3 Å². The number of nitrogens with two attached hydrogens (primary N) is 1. The average Bonchev–Trinajstić information content (AvgIpc) is 2.81. The van der Waals surface area contributed by atoms with Crippen LogP contribution in [-0.2, 0) is 6.54 Å². The van der Waals surface area contributed by atoms with Crippen LogP contribution in [0.1, 0.15) is 11.1 Å². The Balaban J connectivity index is 2.12. The van der Waals surface area contributed by atoms with E-state index < -0.39 is 0 Å². The van der Waals surface area contributed by atoms with Gasteiger partial charge in [0.05, 0.1) is 35.5 Å². The quantitative estimate of drug-likeness (QED) is 0.767. The van der Waals surface area contributed by atoms with Crippen LogP contribution >= 0.6 is 0 Å². The molecule has 3 N–H and O–H groups in total. The minimum absolute atomic E-state index is 0.587. The Kier molecular flexibility index (Phi) is 2.79. The normalized spacial score (nSPS) is 9.69. The maximum Gasteiger partial charge on any atom is 0.0992 e. The average molecular weight is 213 g/mol. The minimum Gasteiger partial charge on any atom is -0.472 e. The van der Waals surface area contributed by atoms with Gasteiger partial charge in [0, 0.05) is 12.1 Å². The zero-order chi connectivity index (χ0) is 11.4. The molecule has 0 fully saturated rings. The van der Waals surface area contributed by atoms with Crippen LogP contribution in [0.5, 0.6) is 0 Å². The molecular formula is C12H11N3O. The number of nitrogens with zero attached hydrogens (tertiary/aromatic N) is 1. The number of rotatable bonds is 3. The summed E-state index contributed by atoms with van der Waals surface area (Å²) < 4.78 is 4.95. The molecule has 2 rings (SSSR count). The Hall–Kier alpha value is -2.41. The van der Waals surface area contributed by atoms with E-state index in [1.807, 2.05) is 6.07 Å². The Bertz CT molecular complexity index is 512. The van der Waals surface area contributed by atoms with Crippen molar-refractivity contribution in [2.24, 2.45) is 0 Å². The maximum absolute atomic E-state index is 8.77. The number of furan rings is 1. The van der Waals surface area contributed by atoms with Gasteiger partial charge in [-0.1, -0.05) is 0 Å². The van der Waals surface area contributed by atoms with Gasteiger partial charge < -0.3 is 15.5 Å². The lowest BCUT2D eigenvalue weighted by molar-refractivity contribution is 0.564. The lowest BCUT2D eigenvalue weighted by Gasteiger charge is -2.08. The molecule has 0 unspecified atom stereocenters. The summed E-state index contributed by atoms with van der Waals surface area (Å²) >= 11 is 0. The molecule has 2 aromatic rings. The summed E-state index contributed by atoms with van der Waals surface area (Å²) in [6, 6.07) is 9.09. The van der Waals surface area contributed by atoms with Gasteiger partial charge in [-0.3, -0.25) is 0 Å². The van der Waals surface area contributed by atoms with E-state index in [4.69, 9.17) is 15.4 Å². The first kappa shape index (κ1) is 10.1. The minimum atomic E-state index is 0.587. The zero-order valence-electron chi connectivity index (χ0n) is 8.60. The van der Waals surface area contributed by atoms with E-state index in [2.05, 4.69) is 11.4 Å². The number of nitriles is 1. The first-order valence-electron chi connectivity index (χ1n) is 4.84. The van der Waals surface area contributed by atoms with Gasteiger partial charge in [0.25, 0.3) is 0 Å². The van der Waals surface area contributed by atoms with Gasteiger partial charge in [-0.15, -0.1) is 0 Å². The molecule has 0 aliphatic rings. The summed E-state index contributed by atoms with van der Waals surface area (Å²) in [5.41, 5.74) is 8.80. The summed E-state index contributed by atoms with van der Waals surface area (Å²) in [4.78, 5) is 0. The zero-order valence-corrected chi connectivity index (χ0v) is 8.60. The molecule has 0 aliphatic carbocycles. The number of nitrogen functional groups attached to an aromatic ring is 1. The van der Waals surface area contributed by atoms with Crippen molar-refractivity contribution < 1.29 is 4.42 Å². The van der Waals surface area contributed by atoms with Crippen molar-refractivity contribution in [3.05, 3.63) is 47.9 Å². The predicted molar refractivity (Wildman–Crippen MR) is 61.6 cm³/mol. The van der Waals surface area contributed by atoms with E-state index >= 15 is 0 Å². The van der Waals surface area contributed by atoms with E-state index in [0.29, 0.717) is 17.8 Å². The summed E-state index contributed by atoms with van der Waals surface area (Å²) in [6.07, 6.45) is 3.28. The highest BCUT2D eigenvalue weighted by molar-refractivity contribution is 5.68. The second kappa shape index (κ2) is 4.41. The molecule has 1 aromatic heterocycles. The number of hydrogen-bond acceptors (Lipinski definition) is 4. The second-order valence-corrected chi connectivity index (χ2v) is 3.40. The highest BCUT2D eigenvalue weighted by Gasteiger charge is 2.01. The molecule has 4 nitrogen and oxygen atoms in total. The van der Waals surface area contributed by atoms with E-state index in [9.17, 15) is 0 Å². The van der Waals surface area contributed by atoms with Crippen molar-refractivity contribution in [2.45, 2.75) is 6.54 Å². The molecule has 0 radical (unpaired) electrons. The first-order chi connectivity index (χ1) is 7.79. The first-order valence-corrected chi connectivity index (χ1v) is 4.84. The van der Waals surface area contributed by atoms with Crippen molar-refractivity contribution in [1.82, 2.24) is 0 Å². The van der Waals surface area contributed by atoms with Crippen LogP contribution in [0.4, 0.5) is 11.4 Å². The predicted octanol–water partition coefficient (Wildman–Crippen LogP) is 2.35. The van der Waals surface area contributed by atoms with Gasteiger partial charge in [-0.25, -0.2) is 0 Å². The Morgan fingerprint density at radius 2 is 2.25 bits per heavy atom. The van der Waals surface area contributed by atoms with Crippen LogP contribution in [0.25, 0.3) is 0 Å². The summed E-state index contributed by atoms with van der Waals surface area (Å²) in [5, 5.41) is 11.9. The van der Waals surface area contributed by atoms with Gasteiger partial charge >= 0.3 is 0 Å². The molecule has 1 aromatic carbocycles. The smallest absolute Gasteiger partial charge is 0.0992 e. The fourth-order valence-electron chi connectivity index (χ4n) is 1.37. The largest absolute Gasteiger partial charge is 0.472 e. The van der Waals surface area contributed by atoms with Crippen LogP contribution in [0.15, 0.2) is 41.2 Å². The molecular weight excluding hydrogens is 202 g/mol. The van der Waals surface area contributed by atoms with E-state index in [1.54, 1.807) is 30.7 Å². The number of anilines is 2. The van der Waals surface area contributed by atoms with Crippen LogP contribution < -0.4 is 11.1 Å². The highest BCUT2D eigenvalue weighted by Crippen LogP contribution is 2.20. The molecule has 16 heavy (non-hydrogen) atoms. The number of nitrogens with one attached hydrogen (secondary N) is 1. The van der Waals surface area contributed by atoms with E-state index in [-0.39, 0.29) is 0 Å². The summed E-state index contributed by atoms with van der Waals surface area (Å²) in [7, 11) is 0. The lowest BCUT2D eigenvalue weighted by atomic mass is 10.2. The van der Waals surface area contributed by atoms with Crippen molar-refractivity contribution in [2.75, 3.05) is 11.1 Å². The Morgan fingerprint density at radius 3 is 2.94 bits per heavy atom. The van der Waals surface area contributed by atoms with Crippen LogP contribution in [0.3, 0.4) is 0 Å². The molecule has 0 aliphatic heterocycles. The van der Waals surface area contributed by atoms with Crippen molar-refractivity contribution in [3.8, 4) is 6.07 Å². The summed E-state index contributed by atoms with van der Waals surface area (Å²) in [5.74, 6) is 0. The third-order valence-corrected chi connectivity index (χ3v) is 2.25. The van der Waals surface area contributed by atoms with Crippen LogP contribution in [-0.4, -0.2) is 0 Å². The summed E-state index contributed by atoms with van der Waals surface area (Å²) in [6.45, 7) is 0.621. The van der Waals surface area contributed by atoms with Crippen molar-refractivity contribution >= 4 is 11.4 Å². The fraction of sp³-hybridized carbons (Fsp3) is 0.0833. The number of benzene rings is 1. The molecule has 1 heterocycles. The third kappa shape index (κ3) is 2.15. The molecule has 0 saturated carbocycles. The van der Waals surface area contributed by atoms with E-state index in [1.165, 1.54) is 0 Å².